The Hall–Kier alpha value is -0.780. The highest BCUT2D eigenvalue weighted by atomic mass is 79.9. The first-order valence-electron chi connectivity index (χ1n) is 4.60. The summed E-state index contributed by atoms with van der Waals surface area (Å²) >= 11 is 0. The minimum absolute atomic E-state index is 0. The summed E-state index contributed by atoms with van der Waals surface area (Å²) in [6.07, 6.45) is 4.67. The SMILES string of the molecule is Br.CCCCCCNC(=N)NC(=N)N. The maximum absolute atomic E-state index is 7.26. The predicted molar refractivity (Wildman–Crippen MR) is 65.2 cm³/mol. The third-order valence-corrected chi connectivity index (χ3v) is 1.59. The van der Waals surface area contributed by atoms with Crippen molar-refractivity contribution in [2.75, 3.05) is 6.54 Å². The predicted octanol–water partition coefficient (Wildman–Crippen LogP) is 1.15. The highest BCUT2D eigenvalue weighted by Crippen LogP contribution is 1.96. The fourth-order valence-electron chi connectivity index (χ4n) is 0.944. The molecule has 0 bridgehead atoms. The van der Waals surface area contributed by atoms with Crippen molar-refractivity contribution in [1.82, 2.24) is 10.6 Å². The fourth-order valence-corrected chi connectivity index (χ4v) is 0.944. The van der Waals surface area contributed by atoms with Gasteiger partial charge in [0.25, 0.3) is 0 Å². The number of halogens is 1. The molecule has 0 radical (unpaired) electrons. The highest BCUT2D eigenvalue weighted by Gasteiger charge is 1.94. The second-order valence-electron chi connectivity index (χ2n) is 2.90. The van der Waals surface area contributed by atoms with Gasteiger partial charge in [0.05, 0.1) is 0 Å². The van der Waals surface area contributed by atoms with Crippen molar-refractivity contribution in [3.63, 3.8) is 0 Å². The lowest BCUT2D eigenvalue weighted by molar-refractivity contribution is 0.650. The zero-order chi connectivity index (χ0) is 10.1. The van der Waals surface area contributed by atoms with Gasteiger partial charge in [0, 0.05) is 6.54 Å². The fraction of sp³-hybridized carbons (Fsp3) is 0.750. The van der Waals surface area contributed by atoms with Crippen molar-refractivity contribution in [3.8, 4) is 0 Å². The van der Waals surface area contributed by atoms with Crippen LogP contribution in [0.5, 0.6) is 0 Å². The Morgan fingerprint density at radius 2 is 1.86 bits per heavy atom. The Kier molecular flexibility index (Phi) is 11.5. The molecule has 0 saturated carbocycles. The zero-order valence-electron chi connectivity index (χ0n) is 8.52. The molecule has 84 valence electrons. The molecule has 0 spiro atoms. The van der Waals surface area contributed by atoms with Crippen LogP contribution in [0.15, 0.2) is 0 Å². The summed E-state index contributed by atoms with van der Waals surface area (Å²) in [5, 5.41) is 19.3. The Labute approximate surface area is 95.6 Å². The van der Waals surface area contributed by atoms with Gasteiger partial charge < -0.3 is 11.1 Å². The zero-order valence-corrected chi connectivity index (χ0v) is 10.2. The van der Waals surface area contributed by atoms with E-state index in [-0.39, 0.29) is 28.9 Å². The van der Waals surface area contributed by atoms with E-state index in [9.17, 15) is 0 Å². The van der Waals surface area contributed by atoms with Gasteiger partial charge in [0.15, 0.2) is 11.9 Å². The van der Waals surface area contributed by atoms with Crippen LogP contribution >= 0.6 is 17.0 Å². The molecule has 0 saturated heterocycles. The quantitative estimate of drug-likeness (QED) is 0.293. The van der Waals surface area contributed by atoms with E-state index < -0.39 is 0 Å². The first-order chi connectivity index (χ1) is 6.16. The molecule has 6 N–H and O–H groups in total. The minimum atomic E-state index is -0.203. The van der Waals surface area contributed by atoms with Crippen LogP contribution in [0.25, 0.3) is 0 Å². The third kappa shape index (κ3) is 11.2. The first-order valence-corrected chi connectivity index (χ1v) is 4.60. The van der Waals surface area contributed by atoms with Crippen LogP contribution in [0, 0.1) is 10.8 Å². The van der Waals surface area contributed by atoms with E-state index in [1.807, 2.05) is 0 Å². The second kappa shape index (κ2) is 10.3. The summed E-state index contributed by atoms with van der Waals surface area (Å²) in [4.78, 5) is 0. The lowest BCUT2D eigenvalue weighted by atomic mass is 10.2. The van der Waals surface area contributed by atoms with Gasteiger partial charge in [0.2, 0.25) is 0 Å². The Morgan fingerprint density at radius 1 is 1.21 bits per heavy atom. The molecule has 0 unspecified atom stereocenters. The van der Waals surface area contributed by atoms with Crippen LogP contribution in [-0.4, -0.2) is 18.5 Å². The molecule has 14 heavy (non-hydrogen) atoms. The van der Waals surface area contributed by atoms with Gasteiger partial charge in [-0.15, -0.1) is 17.0 Å². The van der Waals surface area contributed by atoms with Crippen LogP contribution in [0.1, 0.15) is 32.6 Å². The van der Waals surface area contributed by atoms with Crippen LogP contribution < -0.4 is 16.4 Å². The van der Waals surface area contributed by atoms with Gasteiger partial charge in [-0.2, -0.15) is 0 Å². The Balaban J connectivity index is 0. The number of rotatable bonds is 5. The van der Waals surface area contributed by atoms with E-state index >= 15 is 0 Å². The van der Waals surface area contributed by atoms with Gasteiger partial charge in [0.1, 0.15) is 0 Å². The van der Waals surface area contributed by atoms with E-state index in [0.717, 1.165) is 13.0 Å². The summed E-state index contributed by atoms with van der Waals surface area (Å²) in [5.74, 6) is -0.102. The molecule has 0 rings (SSSR count). The number of hydrogen-bond acceptors (Lipinski definition) is 2. The molecule has 0 atom stereocenters. The Morgan fingerprint density at radius 3 is 2.36 bits per heavy atom. The molecule has 5 nitrogen and oxygen atoms in total. The van der Waals surface area contributed by atoms with Crippen LogP contribution in [-0.2, 0) is 0 Å². The molecule has 0 aliphatic rings. The minimum Gasteiger partial charge on any atom is -0.370 e. The van der Waals surface area contributed by atoms with Crippen molar-refractivity contribution in [3.05, 3.63) is 0 Å². The summed E-state index contributed by atoms with van der Waals surface area (Å²) in [6, 6.07) is 0. The lowest BCUT2D eigenvalue weighted by Gasteiger charge is -2.07. The standard InChI is InChI=1S/C8H19N5.BrH/c1-2-3-4-5-6-12-8(11)13-7(9)10;/h2-6H2,1H3,(H6,9,10,11,12,13);1H. The van der Waals surface area contributed by atoms with Crippen LogP contribution in [0.2, 0.25) is 0 Å². The third-order valence-electron chi connectivity index (χ3n) is 1.59. The topological polar surface area (TPSA) is 97.8 Å². The van der Waals surface area contributed by atoms with Gasteiger partial charge in [-0.1, -0.05) is 26.2 Å². The average molecular weight is 266 g/mol. The normalized spacial score (nSPS) is 8.64. The smallest absolute Gasteiger partial charge is 0.195 e. The molecular weight excluding hydrogens is 246 g/mol. The van der Waals surface area contributed by atoms with E-state index in [1.54, 1.807) is 0 Å². The average Bonchev–Trinajstić information content (AvgIpc) is 2.02. The molecule has 0 heterocycles. The monoisotopic (exact) mass is 265 g/mol. The van der Waals surface area contributed by atoms with Gasteiger partial charge in [-0.3, -0.25) is 16.1 Å². The molecule has 0 aromatic heterocycles. The van der Waals surface area contributed by atoms with E-state index in [1.165, 1.54) is 19.3 Å². The van der Waals surface area contributed by atoms with Crippen molar-refractivity contribution in [2.45, 2.75) is 32.6 Å². The van der Waals surface area contributed by atoms with Gasteiger partial charge in [-0.25, -0.2) is 0 Å². The van der Waals surface area contributed by atoms with Crippen molar-refractivity contribution in [1.29, 1.82) is 10.8 Å². The largest absolute Gasteiger partial charge is 0.370 e. The number of guanidine groups is 2. The summed E-state index contributed by atoms with van der Waals surface area (Å²) in [5.41, 5.74) is 5.04. The second-order valence-corrected chi connectivity index (χ2v) is 2.90. The Bertz CT molecular complexity index is 171. The number of nitrogens with one attached hydrogen (secondary N) is 4. The number of nitrogens with two attached hydrogens (primary N) is 1. The molecule has 0 aliphatic heterocycles. The number of hydrogen-bond donors (Lipinski definition) is 5. The molecule has 0 amide bonds. The maximum atomic E-state index is 7.26. The molecule has 0 aliphatic carbocycles. The van der Waals surface area contributed by atoms with Crippen molar-refractivity contribution in [2.24, 2.45) is 5.73 Å². The van der Waals surface area contributed by atoms with Crippen molar-refractivity contribution < 1.29 is 0 Å². The molecule has 0 aromatic rings. The summed E-state index contributed by atoms with van der Waals surface area (Å²) in [6.45, 7) is 2.92. The molecular formula is C8H20BrN5. The maximum Gasteiger partial charge on any atom is 0.195 e. The van der Waals surface area contributed by atoms with E-state index in [4.69, 9.17) is 16.6 Å². The number of unbranched alkanes of at least 4 members (excludes halogenated alkanes) is 3. The molecule has 0 aromatic carbocycles. The lowest BCUT2D eigenvalue weighted by Crippen LogP contribution is -2.43. The van der Waals surface area contributed by atoms with Crippen LogP contribution in [0.4, 0.5) is 0 Å². The molecule has 6 heteroatoms. The summed E-state index contributed by atoms with van der Waals surface area (Å²) in [7, 11) is 0. The van der Waals surface area contributed by atoms with Crippen molar-refractivity contribution >= 4 is 28.9 Å². The van der Waals surface area contributed by atoms with E-state index in [0.29, 0.717) is 0 Å². The van der Waals surface area contributed by atoms with Gasteiger partial charge in [-0.05, 0) is 6.42 Å². The molecule has 0 fully saturated rings. The highest BCUT2D eigenvalue weighted by molar-refractivity contribution is 8.93. The van der Waals surface area contributed by atoms with Gasteiger partial charge >= 0.3 is 0 Å². The van der Waals surface area contributed by atoms with E-state index in [2.05, 4.69) is 17.6 Å². The first kappa shape index (κ1) is 15.7. The van der Waals surface area contributed by atoms with Crippen LogP contribution in [0.3, 0.4) is 0 Å². The summed E-state index contributed by atoms with van der Waals surface area (Å²) < 4.78 is 0.